The van der Waals surface area contributed by atoms with Crippen molar-refractivity contribution >= 4 is 48.1 Å². The molecule has 2 aromatic heterocycles. The standard InChI is InChI=1S/C21H18FN3O2S2/c1-13-8-14(6-7-23-13)18-11-25(20-5-2-15(22)9-17(18)20)29(26,27)16-3-4-19-21(10-16)28-12-24-19/h2-6,9-13,23H,7-8H2,1H3. The van der Waals surface area contributed by atoms with Gasteiger partial charge >= 0.3 is 0 Å². The first kappa shape index (κ1) is 18.5. The third-order valence-electron chi connectivity index (χ3n) is 5.28. The fourth-order valence-corrected chi connectivity index (χ4v) is 6.01. The quantitative estimate of drug-likeness (QED) is 0.527. The summed E-state index contributed by atoms with van der Waals surface area (Å²) >= 11 is 1.40. The molecule has 1 unspecified atom stereocenters. The SMILES string of the molecule is CC1CC(c2cn(S(=O)(=O)c3ccc4ncsc4c3)c3ccc(F)cc23)=CCN1. The van der Waals surface area contributed by atoms with Gasteiger partial charge in [-0.1, -0.05) is 6.08 Å². The van der Waals surface area contributed by atoms with Gasteiger partial charge < -0.3 is 5.32 Å². The molecule has 1 aliphatic rings. The van der Waals surface area contributed by atoms with Crippen LogP contribution >= 0.6 is 11.3 Å². The van der Waals surface area contributed by atoms with Crippen LogP contribution in [0.25, 0.3) is 26.7 Å². The zero-order valence-electron chi connectivity index (χ0n) is 15.6. The number of benzene rings is 2. The van der Waals surface area contributed by atoms with Crippen LogP contribution in [0.15, 0.2) is 59.1 Å². The average molecular weight is 428 g/mol. The van der Waals surface area contributed by atoms with Crippen LogP contribution in [-0.2, 0) is 10.0 Å². The second-order valence-corrected chi connectivity index (χ2v) is 9.93. The number of halogens is 1. The van der Waals surface area contributed by atoms with Gasteiger partial charge in [0, 0.05) is 29.7 Å². The van der Waals surface area contributed by atoms with Gasteiger partial charge in [-0.05, 0) is 55.3 Å². The van der Waals surface area contributed by atoms with Crippen LogP contribution in [0.1, 0.15) is 18.9 Å². The molecule has 5 rings (SSSR count). The summed E-state index contributed by atoms with van der Waals surface area (Å²) in [6.45, 7) is 2.78. The predicted molar refractivity (Wildman–Crippen MR) is 114 cm³/mol. The molecule has 2 aromatic carbocycles. The van der Waals surface area contributed by atoms with Gasteiger partial charge in [0.25, 0.3) is 10.0 Å². The van der Waals surface area contributed by atoms with E-state index in [4.69, 9.17) is 0 Å². The smallest absolute Gasteiger partial charge is 0.268 e. The third-order valence-corrected chi connectivity index (χ3v) is 7.74. The minimum absolute atomic E-state index is 0.190. The zero-order chi connectivity index (χ0) is 20.2. The number of aromatic nitrogens is 2. The van der Waals surface area contributed by atoms with Gasteiger partial charge in [-0.15, -0.1) is 11.3 Å². The molecular weight excluding hydrogens is 409 g/mol. The maximum atomic E-state index is 14.0. The number of nitrogens with one attached hydrogen (secondary N) is 1. The Kier molecular flexibility index (Phi) is 4.31. The topological polar surface area (TPSA) is 64.0 Å². The zero-order valence-corrected chi connectivity index (χ0v) is 17.2. The number of rotatable bonds is 3. The van der Waals surface area contributed by atoms with Gasteiger partial charge in [-0.25, -0.2) is 21.8 Å². The molecule has 1 atom stereocenters. The highest BCUT2D eigenvalue weighted by Crippen LogP contribution is 2.34. The maximum absolute atomic E-state index is 14.0. The van der Waals surface area contributed by atoms with Crippen molar-refractivity contribution in [3.05, 3.63) is 65.6 Å². The molecule has 0 saturated carbocycles. The van der Waals surface area contributed by atoms with E-state index in [1.807, 2.05) is 6.08 Å². The average Bonchev–Trinajstić information content (AvgIpc) is 3.32. The molecule has 1 aliphatic heterocycles. The molecule has 3 heterocycles. The highest BCUT2D eigenvalue weighted by Gasteiger charge is 2.24. The van der Waals surface area contributed by atoms with E-state index in [0.29, 0.717) is 17.4 Å². The first-order valence-corrected chi connectivity index (χ1v) is 11.6. The van der Waals surface area contributed by atoms with Crippen LogP contribution in [0.2, 0.25) is 0 Å². The molecule has 0 radical (unpaired) electrons. The lowest BCUT2D eigenvalue weighted by Crippen LogP contribution is -2.29. The summed E-state index contributed by atoms with van der Waals surface area (Å²) in [6, 6.07) is 9.43. The highest BCUT2D eigenvalue weighted by molar-refractivity contribution is 7.90. The lowest BCUT2D eigenvalue weighted by atomic mass is 9.96. The summed E-state index contributed by atoms with van der Waals surface area (Å²) in [7, 11) is -3.85. The molecule has 1 N–H and O–H groups in total. The molecule has 148 valence electrons. The van der Waals surface area contributed by atoms with Crippen molar-refractivity contribution < 1.29 is 12.8 Å². The van der Waals surface area contributed by atoms with E-state index in [1.165, 1.54) is 33.5 Å². The molecule has 4 aromatic rings. The van der Waals surface area contributed by atoms with E-state index in [-0.39, 0.29) is 16.8 Å². The molecule has 0 amide bonds. The summed E-state index contributed by atoms with van der Waals surface area (Å²) < 4.78 is 43.1. The van der Waals surface area contributed by atoms with Crippen LogP contribution in [0.4, 0.5) is 4.39 Å². The Hall–Kier alpha value is -2.55. The fourth-order valence-electron chi connectivity index (χ4n) is 3.83. The van der Waals surface area contributed by atoms with Gasteiger partial charge in [0.2, 0.25) is 0 Å². The van der Waals surface area contributed by atoms with Crippen molar-refractivity contribution in [3.63, 3.8) is 0 Å². The van der Waals surface area contributed by atoms with Gasteiger partial charge in [-0.2, -0.15) is 0 Å². The van der Waals surface area contributed by atoms with Gasteiger partial charge in [0.05, 0.1) is 26.1 Å². The fraction of sp³-hybridized carbons (Fsp3) is 0.190. The second-order valence-electron chi connectivity index (χ2n) is 7.23. The molecule has 0 fully saturated rings. The summed E-state index contributed by atoms with van der Waals surface area (Å²) in [6.07, 6.45) is 4.42. The van der Waals surface area contributed by atoms with Crippen LogP contribution in [0.3, 0.4) is 0 Å². The Labute approximate surface area is 171 Å². The molecule has 8 heteroatoms. The monoisotopic (exact) mass is 427 g/mol. The first-order chi connectivity index (χ1) is 13.9. The minimum atomic E-state index is -3.85. The van der Waals surface area contributed by atoms with Crippen LogP contribution < -0.4 is 5.32 Å². The van der Waals surface area contributed by atoms with Gasteiger partial charge in [-0.3, -0.25) is 0 Å². The summed E-state index contributed by atoms with van der Waals surface area (Å²) in [5.41, 5.74) is 4.72. The van der Waals surface area contributed by atoms with Crippen LogP contribution in [0, 0.1) is 5.82 Å². The Morgan fingerprint density at radius 2 is 2.10 bits per heavy atom. The summed E-state index contributed by atoms with van der Waals surface area (Å²) in [4.78, 5) is 4.40. The van der Waals surface area contributed by atoms with Crippen LogP contribution in [0.5, 0.6) is 0 Å². The molecule has 0 aliphatic carbocycles. The maximum Gasteiger partial charge on any atom is 0.268 e. The molecule has 0 bridgehead atoms. The van der Waals surface area contributed by atoms with E-state index in [2.05, 4.69) is 17.2 Å². The lowest BCUT2D eigenvalue weighted by molar-refractivity contribution is 0.579. The largest absolute Gasteiger partial charge is 0.310 e. The number of hydrogen-bond donors (Lipinski definition) is 1. The lowest BCUT2D eigenvalue weighted by Gasteiger charge is -2.20. The molecule has 29 heavy (non-hydrogen) atoms. The Balaban J connectivity index is 1.73. The van der Waals surface area contributed by atoms with Crippen molar-refractivity contribution in [2.75, 3.05) is 6.54 Å². The Morgan fingerprint density at radius 3 is 2.93 bits per heavy atom. The number of hydrogen-bond acceptors (Lipinski definition) is 5. The van der Waals surface area contributed by atoms with E-state index in [0.717, 1.165) is 27.8 Å². The molecule has 0 saturated heterocycles. The van der Waals surface area contributed by atoms with Crippen molar-refractivity contribution in [2.45, 2.75) is 24.3 Å². The predicted octanol–water partition coefficient (Wildman–Crippen LogP) is 4.39. The minimum Gasteiger partial charge on any atom is -0.310 e. The molecular formula is C21H18FN3O2S2. The van der Waals surface area contributed by atoms with Crippen LogP contribution in [-0.4, -0.2) is 30.0 Å². The number of thiazole rings is 1. The molecule has 5 nitrogen and oxygen atoms in total. The first-order valence-electron chi connectivity index (χ1n) is 9.26. The van der Waals surface area contributed by atoms with Crippen molar-refractivity contribution in [1.82, 2.24) is 14.3 Å². The van der Waals surface area contributed by atoms with E-state index >= 15 is 0 Å². The third kappa shape index (κ3) is 3.08. The van der Waals surface area contributed by atoms with E-state index in [1.54, 1.807) is 29.9 Å². The van der Waals surface area contributed by atoms with Gasteiger partial charge in [0.1, 0.15) is 5.82 Å². The van der Waals surface area contributed by atoms with Crippen molar-refractivity contribution in [2.24, 2.45) is 0 Å². The second kappa shape index (κ2) is 6.76. The molecule has 0 spiro atoms. The Morgan fingerprint density at radius 1 is 1.24 bits per heavy atom. The van der Waals surface area contributed by atoms with E-state index < -0.39 is 10.0 Å². The number of nitrogens with zero attached hydrogens (tertiary/aromatic N) is 2. The Bertz CT molecular complexity index is 1390. The van der Waals surface area contributed by atoms with E-state index in [9.17, 15) is 12.8 Å². The number of fused-ring (bicyclic) bond motifs is 2. The van der Waals surface area contributed by atoms with Crippen molar-refractivity contribution in [1.29, 1.82) is 0 Å². The highest BCUT2D eigenvalue weighted by atomic mass is 32.2. The van der Waals surface area contributed by atoms with Gasteiger partial charge in [0.15, 0.2) is 0 Å². The summed E-state index contributed by atoms with van der Waals surface area (Å²) in [5, 5.41) is 3.94. The normalized spacial score (nSPS) is 17.7. The van der Waals surface area contributed by atoms with Crippen molar-refractivity contribution in [3.8, 4) is 0 Å². The summed E-state index contributed by atoms with van der Waals surface area (Å²) in [5.74, 6) is -0.387.